The molecule has 0 radical (unpaired) electrons. The lowest BCUT2D eigenvalue weighted by atomic mass is 9.96. The average Bonchev–Trinajstić information content (AvgIpc) is 3.05. The number of hydrogen-bond acceptors (Lipinski definition) is 6. The summed E-state index contributed by atoms with van der Waals surface area (Å²) < 4.78 is 0. The zero-order chi connectivity index (χ0) is 22.9. The summed E-state index contributed by atoms with van der Waals surface area (Å²) in [6.45, 7) is 7.17. The number of carbonyl (C=O) groups excluding carboxylic acids is 1. The standard InChI is InChI=1S/C24H30N6O2/c1-24(2,3)15-26-21-10-9-20(27-22(21)29(4)28-32)17-12-18-7-8-19(13-17)30(18)23(31)16-6-5-11-25-14-16/h5-6,9-12,14,18-19,26H,7-8,13,15H2,1-4H3. The summed E-state index contributed by atoms with van der Waals surface area (Å²) in [7, 11) is 1.61. The molecule has 0 saturated carbocycles. The minimum atomic E-state index is 0.0289. The van der Waals surface area contributed by atoms with E-state index in [2.05, 4.69) is 42.4 Å². The van der Waals surface area contributed by atoms with Crippen LogP contribution in [0.15, 0.2) is 48.0 Å². The Morgan fingerprint density at radius 2 is 2.09 bits per heavy atom. The van der Waals surface area contributed by atoms with E-state index >= 15 is 0 Å². The van der Waals surface area contributed by atoms with Crippen LogP contribution in [0.5, 0.6) is 0 Å². The molecule has 0 aliphatic carbocycles. The van der Waals surface area contributed by atoms with E-state index in [9.17, 15) is 9.70 Å². The monoisotopic (exact) mass is 434 g/mol. The van der Waals surface area contributed by atoms with E-state index in [1.807, 2.05) is 23.1 Å². The van der Waals surface area contributed by atoms with Crippen molar-refractivity contribution < 1.29 is 4.79 Å². The second-order valence-electron chi connectivity index (χ2n) is 9.74. The number of amides is 1. The number of aromatic nitrogens is 2. The molecule has 1 fully saturated rings. The summed E-state index contributed by atoms with van der Waals surface area (Å²) in [5, 5.41) is 7.71. The molecule has 0 spiro atoms. The van der Waals surface area contributed by atoms with Crippen LogP contribution in [0.2, 0.25) is 0 Å². The van der Waals surface area contributed by atoms with Gasteiger partial charge in [-0.15, -0.1) is 4.91 Å². The van der Waals surface area contributed by atoms with Crippen LogP contribution >= 0.6 is 0 Å². The minimum absolute atomic E-state index is 0.0289. The number of fused-ring (bicyclic) bond motifs is 2. The first-order chi connectivity index (χ1) is 15.3. The van der Waals surface area contributed by atoms with Gasteiger partial charge < -0.3 is 10.2 Å². The van der Waals surface area contributed by atoms with Crippen molar-refractivity contribution in [2.75, 3.05) is 23.9 Å². The molecule has 1 saturated heterocycles. The van der Waals surface area contributed by atoms with Gasteiger partial charge in [0.25, 0.3) is 5.91 Å². The first-order valence-corrected chi connectivity index (χ1v) is 11.0. The number of nitrogens with one attached hydrogen (secondary N) is 1. The van der Waals surface area contributed by atoms with Crippen molar-refractivity contribution in [2.24, 2.45) is 10.7 Å². The van der Waals surface area contributed by atoms with E-state index in [1.54, 1.807) is 25.5 Å². The third kappa shape index (κ3) is 4.49. The van der Waals surface area contributed by atoms with E-state index in [1.165, 1.54) is 5.01 Å². The quantitative estimate of drug-likeness (QED) is 0.531. The van der Waals surface area contributed by atoms with Crippen LogP contribution in [-0.4, -0.2) is 46.5 Å². The number of hydrogen-bond donors (Lipinski definition) is 1. The highest BCUT2D eigenvalue weighted by atomic mass is 16.3. The number of anilines is 2. The Labute approximate surface area is 188 Å². The van der Waals surface area contributed by atoms with E-state index in [0.29, 0.717) is 11.4 Å². The summed E-state index contributed by atoms with van der Waals surface area (Å²) in [4.78, 5) is 35.2. The van der Waals surface area contributed by atoms with Crippen LogP contribution in [0.1, 0.15) is 56.1 Å². The summed E-state index contributed by atoms with van der Waals surface area (Å²) >= 11 is 0. The number of rotatable bonds is 6. The molecule has 4 rings (SSSR count). The van der Waals surface area contributed by atoms with Gasteiger partial charge in [-0.3, -0.25) is 9.78 Å². The van der Waals surface area contributed by atoms with Gasteiger partial charge in [0.1, 0.15) is 0 Å². The van der Waals surface area contributed by atoms with Gasteiger partial charge in [0.2, 0.25) is 0 Å². The van der Waals surface area contributed by atoms with Crippen molar-refractivity contribution in [3.63, 3.8) is 0 Å². The van der Waals surface area contributed by atoms with Gasteiger partial charge in [-0.1, -0.05) is 26.8 Å². The minimum Gasteiger partial charge on any atom is -0.381 e. The van der Waals surface area contributed by atoms with E-state index in [4.69, 9.17) is 4.98 Å². The molecule has 168 valence electrons. The molecule has 32 heavy (non-hydrogen) atoms. The third-order valence-electron chi connectivity index (χ3n) is 5.98. The SMILES string of the molecule is CN(N=O)c1nc(C2=CC3CCC(C2)N3C(=O)c2cccnc2)ccc1NCC(C)(C)C. The maximum atomic E-state index is 13.1. The molecule has 8 heteroatoms. The van der Waals surface area contributed by atoms with Gasteiger partial charge in [-0.25, -0.2) is 9.99 Å². The van der Waals surface area contributed by atoms with E-state index in [-0.39, 0.29) is 23.4 Å². The maximum Gasteiger partial charge on any atom is 0.256 e. The average molecular weight is 435 g/mol. The molecular weight excluding hydrogens is 404 g/mol. The highest BCUT2D eigenvalue weighted by Crippen LogP contribution is 2.40. The van der Waals surface area contributed by atoms with Crippen LogP contribution in [0.25, 0.3) is 5.57 Å². The lowest BCUT2D eigenvalue weighted by molar-refractivity contribution is 0.0692. The molecule has 1 N–H and O–H groups in total. The number of pyridine rings is 2. The maximum absolute atomic E-state index is 13.1. The van der Waals surface area contributed by atoms with Gasteiger partial charge in [-0.05, 0) is 54.5 Å². The van der Waals surface area contributed by atoms with Crippen molar-refractivity contribution in [3.05, 3.63) is 58.9 Å². The Kier molecular flexibility index (Phi) is 5.95. The summed E-state index contributed by atoms with van der Waals surface area (Å²) in [6, 6.07) is 7.73. The molecule has 2 atom stereocenters. The molecule has 8 nitrogen and oxygen atoms in total. The Morgan fingerprint density at radius 3 is 2.75 bits per heavy atom. The number of nitrogens with zero attached hydrogens (tertiary/aromatic N) is 5. The second-order valence-corrected chi connectivity index (χ2v) is 9.74. The van der Waals surface area contributed by atoms with Crippen molar-refractivity contribution in [2.45, 2.75) is 52.1 Å². The number of nitroso groups, excluding NO2 is 1. The molecule has 2 aliphatic rings. The largest absolute Gasteiger partial charge is 0.381 e. The molecule has 0 aromatic carbocycles. The molecule has 2 aromatic heterocycles. The van der Waals surface area contributed by atoms with Crippen molar-refractivity contribution in [1.29, 1.82) is 0 Å². The van der Waals surface area contributed by atoms with E-state index < -0.39 is 0 Å². The van der Waals surface area contributed by atoms with Crippen LogP contribution in [-0.2, 0) is 0 Å². The van der Waals surface area contributed by atoms with Crippen molar-refractivity contribution in [3.8, 4) is 0 Å². The van der Waals surface area contributed by atoms with Crippen LogP contribution < -0.4 is 10.3 Å². The Morgan fingerprint density at radius 1 is 1.28 bits per heavy atom. The Bertz CT molecular complexity index is 1030. The summed E-state index contributed by atoms with van der Waals surface area (Å²) in [6.07, 6.45) is 8.09. The zero-order valence-electron chi connectivity index (χ0n) is 19.1. The number of carbonyl (C=O) groups is 1. The van der Waals surface area contributed by atoms with Gasteiger partial charge in [-0.2, -0.15) is 0 Å². The van der Waals surface area contributed by atoms with Crippen LogP contribution in [0.3, 0.4) is 0 Å². The molecule has 2 aliphatic heterocycles. The fraction of sp³-hybridized carbons (Fsp3) is 0.458. The van der Waals surface area contributed by atoms with Gasteiger partial charge in [0.15, 0.2) is 5.82 Å². The van der Waals surface area contributed by atoms with Crippen molar-refractivity contribution >= 4 is 23.0 Å². The highest BCUT2D eigenvalue weighted by molar-refractivity contribution is 5.95. The lowest BCUT2D eigenvalue weighted by Gasteiger charge is -2.34. The first kappa shape index (κ1) is 21.9. The molecule has 1 amide bonds. The normalized spacial score (nSPS) is 20.0. The molecule has 2 bridgehead atoms. The molecule has 4 heterocycles. The lowest BCUT2D eigenvalue weighted by Crippen LogP contribution is -2.43. The first-order valence-electron chi connectivity index (χ1n) is 11.0. The van der Waals surface area contributed by atoms with Crippen molar-refractivity contribution in [1.82, 2.24) is 14.9 Å². The van der Waals surface area contributed by atoms with E-state index in [0.717, 1.165) is 42.8 Å². The predicted molar refractivity (Wildman–Crippen MR) is 126 cm³/mol. The Hall–Kier alpha value is -3.29. The predicted octanol–water partition coefficient (Wildman–Crippen LogP) is 4.51. The Balaban J connectivity index is 1.60. The molecule has 2 aromatic rings. The third-order valence-corrected chi connectivity index (χ3v) is 5.98. The highest BCUT2D eigenvalue weighted by Gasteiger charge is 2.40. The smallest absolute Gasteiger partial charge is 0.256 e. The van der Waals surface area contributed by atoms with Gasteiger partial charge in [0.05, 0.1) is 28.3 Å². The molecular formula is C24H30N6O2. The van der Waals surface area contributed by atoms with Gasteiger partial charge in [0, 0.05) is 32.0 Å². The summed E-state index contributed by atoms with van der Waals surface area (Å²) in [5.41, 5.74) is 3.41. The van der Waals surface area contributed by atoms with Crippen LogP contribution in [0, 0.1) is 10.3 Å². The zero-order valence-corrected chi connectivity index (χ0v) is 19.1. The van der Waals surface area contributed by atoms with Gasteiger partial charge >= 0.3 is 0 Å². The second kappa shape index (κ2) is 8.68. The fourth-order valence-electron chi connectivity index (χ4n) is 4.39. The molecule has 2 unspecified atom stereocenters. The summed E-state index contributed by atoms with van der Waals surface area (Å²) in [5.74, 6) is 0.532. The fourth-order valence-corrected chi connectivity index (χ4v) is 4.39. The topological polar surface area (TPSA) is 90.8 Å². The van der Waals surface area contributed by atoms with Crippen LogP contribution in [0.4, 0.5) is 11.5 Å².